The molecule has 10 heteroatoms. The molecule has 1 aliphatic rings. The summed E-state index contributed by atoms with van der Waals surface area (Å²) in [6, 6.07) is 3.56. The van der Waals surface area contributed by atoms with E-state index in [-0.39, 0.29) is 23.6 Å². The van der Waals surface area contributed by atoms with Gasteiger partial charge < -0.3 is 24.6 Å². The smallest absolute Gasteiger partial charge is 0.410 e. The maximum absolute atomic E-state index is 15.0. The number of carboxylic acid groups (broad SMARTS) is 1. The van der Waals surface area contributed by atoms with Crippen LogP contribution in [0.3, 0.4) is 0 Å². The number of benzene rings is 1. The zero-order chi connectivity index (χ0) is 27.0. The minimum atomic E-state index is -1.19. The third-order valence-electron chi connectivity index (χ3n) is 5.84. The number of ether oxygens (including phenoxy) is 1. The first-order valence-corrected chi connectivity index (χ1v) is 12.0. The van der Waals surface area contributed by atoms with Crippen LogP contribution in [-0.4, -0.2) is 55.7 Å². The SMILES string of the molecule is Cc1ccc(-c2nc(C(=O)N[C@H](C(=O)O)C(C)(C)C)c3n2CCCN(C(=O)OC(C)(C)C)C3)c(F)c1. The Balaban J connectivity index is 2.11. The van der Waals surface area contributed by atoms with E-state index in [1.807, 2.05) is 0 Å². The molecule has 3 rings (SSSR count). The van der Waals surface area contributed by atoms with Crippen LogP contribution in [-0.2, 0) is 22.6 Å². The first kappa shape index (κ1) is 27.2. The molecule has 1 aliphatic heterocycles. The van der Waals surface area contributed by atoms with Gasteiger partial charge in [-0.15, -0.1) is 0 Å². The minimum absolute atomic E-state index is 0.00536. The fraction of sp³-hybridized carbons (Fsp3) is 0.538. The Labute approximate surface area is 210 Å². The molecule has 0 aliphatic carbocycles. The molecule has 1 atom stereocenters. The number of imidazole rings is 1. The topological polar surface area (TPSA) is 114 Å². The number of fused-ring (bicyclic) bond motifs is 1. The third kappa shape index (κ3) is 6.03. The maximum atomic E-state index is 15.0. The second-order valence-corrected chi connectivity index (χ2v) is 11.2. The van der Waals surface area contributed by atoms with Crippen molar-refractivity contribution in [3.05, 3.63) is 41.0 Å². The monoisotopic (exact) mass is 502 g/mol. The summed E-state index contributed by atoms with van der Waals surface area (Å²) in [4.78, 5) is 44.1. The molecule has 196 valence electrons. The van der Waals surface area contributed by atoms with Crippen LogP contribution in [0.5, 0.6) is 0 Å². The average molecular weight is 503 g/mol. The summed E-state index contributed by atoms with van der Waals surface area (Å²) in [5.41, 5.74) is -0.173. The molecule has 1 aromatic heterocycles. The number of carbonyl (C=O) groups is 3. The van der Waals surface area contributed by atoms with E-state index in [4.69, 9.17) is 4.74 Å². The summed E-state index contributed by atoms with van der Waals surface area (Å²) in [6.07, 6.45) is -0.00570. The number of carbonyl (C=O) groups excluding carboxylic acids is 2. The van der Waals surface area contributed by atoms with Gasteiger partial charge in [-0.3, -0.25) is 4.79 Å². The number of rotatable bonds is 4. The van der Waals surface area contributed by atoms with Crippen LogP contribution < -0.4 is 5.32 Å². The van der Waals surface area contributed by atoms with Crippen LogP contribution in [0.25, 0.3) is 11.4 Å². The summed E-state index contributed by atoms with van der Waals surface area (Å²) >= 11 is 0. The number of nitrogens with zero attached hydrogens (tertiary/aromatic N) is 3. The molecule has 2 aromatic rings. The van der Waals surface area contributed by atoms with Crippen LogP contribution in [0.1, 0.15) is 69.7 Å². The number of carboxylic acids is 1. The van der Waals surface area contributed by atoms with Crippen molar-refractivity contribution in [2.24, 2.45) is 5.41 Å². The van der Waals surface area contributed by atoms with Crippen LogP contribution in [0.4, 0.5) is 9.18 Å². The Bertz CT molecular complexity index is 1180. The van der Waals surface area contributed by atoms with Crippen molar-refractivity contribution in [2.45, 2.75) is 79.6 Å². The highest BCUT2D eigenvalue weighted by Gasteiger charge is 2.36. The Kier molecular flexibility index (Phi) is 7.48. The van der Waals surface area contributed by atoms with Crippen molar-refractivity contribution in [1.82, 2.24) is 19.8 Å². The molecule has 0 saturated carbocycles. The van der Waals surface area contributed by atoms with Gasteiger partial charge >= 0.3 is 12.1 Å². The van der Waals surface area contributed by atoms with Gasteiger partial charge in [-0.25, -0.2) is 19.0 Å². The molecule has 0 unspecified atom stereocenters. The van der Waals surface area contributed by atoms with E-state index in [0.717, 1.165) is 5.56 Å². The van der Waals surface area contributed by atoms with E-state index in [2.05, 4.69) is 10.3 Å². The number of amides is 2. The number of aryl methyl sites for hydroxylation is 1. The van der Waals surface area contributed by atoms with E-state index in [1.54, 1.807) is 65.2 Å². The Morgan fingerprint density at radius 3 is 2.36 bits per heavy atom. The van der Waals surface area contributed by atoms with Crippen molar-refractivity contribution in [1.29, 1.82) is 0 Å². The third-order valence-corrected chi connectivity index (χ3v) is 5.84. The van der Waals surface area contributed by atoms with Gasteiger partial charge in [0.25, 0.3) is 5.91 Å². The highest BCUT2D eigenvalue weighted by molar-refractivity contribution is 5.97. The second-order valence-electron chi connectivity index (χ2n) is 11.2. The highest BCUT2D eigenvalue weighted by Crippen LogP contribution is 2.30. The number of aliphatic carboxylic acids is 1. The quantitative estimate of drug-likeness (QED) is 0.642. The molecular weight excluding hydrogens is 467 g/mol. The number of nitrogens with one attached hydrogen (secondary N) is 1. The molecule has 36 heavy (non-hydrogen) atoms. The van der Waals surface area contributed by atoms with Gasteiger partial charge in [-0.05, 0) is 57.2 Å². The predicted molar refractivity (Wildman–Crippen MR) is 132 cm³/mol. The zero-order valence-corrected chi connectivity index (χ0v) is 21.9. The molecule has 0 fully saturated rings. The largest absolute Gasteiger partial charge is 0.480 e. The fourth-order valence-electron chi connectivity index (χ4n) is 4.09. The second kappa shape index (κ2) is 9.91. The molecule has 2 N–H and O–H groups in total. The lowest BCUT2D eigenvalue weighted by Gasteiger charge is -2.28. The number of hydrogen-bond donors (Lipinski definition) is 2. The molecule has 1 aromatic carbocycles. The Morgan fingerprint density at radius 2 is 1.81 bits per heavy atom. The van der Waals surface area contributed by atoms with E-state index < -0.39 is 40.8 Å². The lowest BCUT2D eigenvalue weighted by Crippen LogP contribution is -2.49. The van der Waals surface area contributed by atoms with Gasteiger partial charge in [0.2, 0.25) is 0 Å². The first-order chi connectivity index (χ1) is 16.6. The van der Waals surface area contributed by atoms with Gasteiger partial charge in [0, 0.05) is 13.1 Å². The highest BCUT2D eigenvalue weighted by atomic mass is 19.1. The number of hydrogen-bond acceptors (Lipinski definition) is 5. The van der Waals surface area contributed by atoms with E-state index in [9.17, 15) is 23.9 Å². The van der Waals surface area contributed by atoms with Crippen LogP contribution >= 0.6 is 0 Å². The predicted octanol–water partition coefficient (Wildman–Crippen LogP) is 4.37. The van der Waals surface area contributed by atoms with Crippen molar-refractivity contribution >= 4 is 18.0 Å². The van der Waals surface area contributed by atoms with E-state index in [1.165, 1.54) is 11.0 Å². The lowest BCUT2D eigenvalue weighted by atomic mass is 9.86. The molecule has 0 bridgehead atoms. The maximum Gasteiger partial charge on any atom is 0.410 e. The zero-order valence-electron chi connectivity index (χ0n) is 21.9. The van der Waals surface area contributed by atoms with Crippen LogP contribution in [0.15, 0.2) is 18.2 Å². The summed E-state index contributed by atoms with van der Waals surface area (Å²) in [7, 11) is 0. The van der Waals surface area contributed by atoms with Crippen molar-refractivity contribution < 1.29 is 28.6 Å². The lowest BCUT2D eigenvalue weighted by molar-refractivity contribution is -0.142. The first-order valence-electron chi connectivity index (χ1n) is 12.0. The number of halogens is 1. The van der Waals surface area contributed by atoms with Crippen LogP contribution in [0.2, 0.25) is 0 Å². The van der Waals surface area contributed by atoms with Gasteiger partial charge in [0.1, 0.15) is 23.3 Å². The summed E-state index contributed by atoms with van der Waals surface area (Å²) < 4.78 is 22.2. The van der Waals surface area contributed by atoms with Crippen molar-refractivity contribution in [3.63, 3.8) is 0 Å². The molecule has 2 amide bonds. The number of aromatic nitrogens is 2. The fourth-order valence-corrected chi connectivity index (χ4v) is 4.09. The summed E-state index contributed by atoms with van der Waals surface area (Å²) in [5.74, 6) is -2.12. The van der Waals surface area contributed by atoms with Gasteiger partial charge in [-0.2, -0.15) is 0 Å². The molecular formula is C26H35FN4O5. The standard InChI is InChI=1S/C26H35FN4O5/c1-15-9-10-16(17(27)13-15)21-28-19(22(32)29-20(23(33)34)25(2,3)4)18-14-30(11-8-12-31(18)21)24(35)36-26(5,6)7/h9-10,13,20H,8,11-12,14H2,1-7H3,(H,29,32)(H,33,34)/t20-/m1/s1. The summed E-state index contributed by atoms with van der Waals surface area (Å²) in [6.45, 7) is 13.0. The molecule has 9 nitrogen and oxygen atoms in total. The van der Waals surface area contributed by atoms with Crippen LogP contribution in [0, 0.1) is 18.2 Å². The minimum Gasteiger partial charge on any atom is -0.480 e. The van der Waals surface area contributed by atoms with E-state index >= 15 is 0 Å². The van der Waals surface area contributed by atoms with Gasteiger partial charge in [0.15, 0.2) is 5.69 Å². The van der Waals surface area contributed by atoms with E-state index in [0.29, 0.717) is 25.2 Å². The molecule has 0 spiro atoms. The summed E-state index contributed by atoms with van der Waals surface area (Å²) in [5, 5.41) is 12.3. The average Bonchev–Trinajstić information content (AvgIpc) is 2.92. The van der Waals surface area contributed by atoms with Crippen molar-refractivity contribution in [3.8, 4) is 11.4 Å². The molecule has 2 heterocycles. The van der Waals surface area contributed by atoms with Crippen molar-refractivity contribution in [2.75, 3.05) is 6.54 Å². The van der Waals surface area contributed by atoms with Gasteiger partial charge in [-0.1, -0.05) is 26.8 Å². The normalized spacial score (nSPS) is 15.1. The molecule has 0 radical (unpaired) electrons. The van der Waals surface area contributed by atoms with Gasteiger partial charge in [0.05, 0.1) is 17.8 Å². The molecule has 0 saturated heterocycles. The Morgan fingerprint density at radius 1 is 1.14 bits per heavy atom. The Hall–Kier alpha value is -3.43.